The van der Waals surface area contributed by atoms with E-state index in [1.165, 1.54) is 0 Å². The van der Waals surface area contributed by atoms with E-state index in [1.54, 1.807) is 24.3 Å². The highest BCUT2D eigenvalue weighted by Gasteiger charge is 2.27. The van der Waals surface area contributed by atoms with E-state index in [1.807, 2.05) is 6.92 Å². The maximum Gasteiger partial charge on any atom is 0.389 e. The number of hydrogen-bond acceptors (Lipinski definition) is 2. The summed E-state index contributed by atoms with van der Waals surface area (Å²) in [5.74, 6) is -0.558. The Morgan fingerprint density at radius 2 is 1.90 bits per heavy atom. The fraction of sp³-hybridized carbons (Fsp3) is 0.500. The molecule has 0 amide bonds. The van der Waals surface area contributed by atoms with Gasteiger partial charge in [0.15, 0.2) is 0 Å². The maximum absolute atomic E-state index is 12.0. The molecule has 0 spiro atoms. The molecule has 0 heterocycles. The first kappa shape index (κ1) is 17.3. The van der Waals surface area contributed by atoms with Gasteiger partial charge in [0.05, 0.1) is 11.4 Å². The zero-order valence-electron chi connectivity index (χ0n) is 10.7. The van der Waals surface area contributed by atoms with Crippen LogP contribution in [0.15, 0.2) is 24.3 Å². The molecule has 1 aromatic carbocycles. The molecule has 20 heavy (non-hydrogen) atoms. The molecule has 114 valence electrons. The van der Waals surface area contributed by atoms with E-state index >= 15 is 0 Å². The molecule has 3 nitrogen and oxygen atoms in total. The van der Waals surface area contributed by atoms with E-state index in [0.717, 1.165) is 5.56 Å². The summed E-state index contributed by atoms with van der Waals surface area (Å²) in [6.45, 7) is 1.83. The zero-order chi connectivity index (χ0) is 15.4. The molecule has 0 fully saturated rings. The molecule has 1 unspecified atom stereocenters. The minimum Gasteiger partial charge on any atom is -0.283 e. The van der Waals surface area contributed by atoms with Gasteiger partial charge in [-0.3, -0.25) is 4.72 Å². The van der Waals surface area contributed by atoms with E-state index in [0.29, 0.717) is 5.69 Å². The molecule has 0 aliphatic rings. The first-order chi connectivity index (χ1) is 9.11. The summed E-state index contributed by atoms with van der Waals surface area (Å²) >= 11 is 3.34. The summed E-state index contributed by atoms with van der Waals surface area (Å²) in [5.41, 5.74) is 1.11. The molecule has 1 rings (SSSR count). The van der Waals surface area contributed by atoms with E-state index in [2.05, 4.69) is 20.7 Å². The Morgan fingerprint density at radius 3 is 2.45 bits per heavy atom. The van der Waals surface area contributed by atoms with E-state index in [4.69, 9.17) is 0 Å². The molecule has 0 saturated heterocycles. The van der Waals surface area contributed by atoms with Crippen molar-refractivity contribution in [2.24, 2.45) is 0 Å². The normalized spacial score (nSPS) is 14.1. The van der Waals surface area contributed by atoms with Crippen molar-refractivity contribution in [1.82, 2.24) is 0 Å². The van der Waals surface area contributed by atoms with Gasteiger partial charge in [-0.2, -0.15) is 13.2 Å². The lowest BCUT2D eigenvalue weighted by atomic mass is 10.1. The van der Waals surface area contributed by atoms with Crippen molar-refractivity contribution < 1.29 is 21.6 Å². The van der Waals surface area contributed by atoms with E-state index < -0.39 is 34.8 Å². The number of hydrogen-bond donors (Lipinski definition) is 1. The number of rotatable bonds is 6. The summed E-state index contributed by atoms with van der Waals surface area (Å²) in [4.78, 5) is -0.0726. The van der Waals surface area contributed by atoms with Gasteiger partial charge in [-0.05, 0) is 25.0 Å². The Morgan fingerprint density at radius 1 is 1.30 bits per heavy atom. The average molecular weight is 374 g/mol. The second-order valence-electron chi connectivity index (χ2n) is 4.34. The van der Waals surface area contributed by atoms with Crippen LogP contribution in [0.1, 0.15) is 30.2 Å². The number of nitrogens with one attached hydrogen (secondary N) is 1. The summed E-state index contributed by atoms with van der Waals surface area (Å²) in [7, 11) is -3.78. The summed E-state index contributed by atoms with van der Waals surface area (Å²) in [5, 5.41) is 0. The Hall–Kier alpha value is -0.760. The predicted molar refractivity (Wildman–Crippen MR) is 76.5 cm³/mol. The molecular weight excluding hydrogens is 359 g/mol. The molecule has 1 atom stereocenters. The smallest absolute Gasteiger partial charge is 0.283 e. The maximum atomic E-state index is 12.0. The Bertz CT molecular complexity index is 544. The van der Waals surface area contributed by atoms with Crippen LogP contribution in [-0.4, -0.2) is 20.3 Å². The fourth-order valence-corrected chi connectivity index (χ4v) is 3.16. The first-order valence-corrected chi connectivity index (χ1v) is 8.48. The standard InChI is InChI=1S/C12H15BrF3NO2S/c1-9(13)10-5-2-3-6-11(10)17-20(18,19)8-4-7-12(14,15)16/h2-3,5-6,9,17H,4,7-8H2,1H3. The summed E-state index contributed by atoms with van der Waals surface area (Å²) in [6, 6.07) is 6.74. The molecule has 1 aromatic rings. The Labute approximate surface area is 124 Å². The lowest BCUT2D eigenvalue weighted by Gasteiger charge is -2.14. The van der Waals surface area contributed by atoms with Crippen molar-refractivity contribution >= 4 is 31.6 Å². The van der Waals surface area contributed by atoms with Gasteiger partial charge < -0.3 is 0 Å². The van der Waals surface area contributed by atoms with Crippen LogP contribution >= 0.6 is 15.9 Å². The topological polar surface area (TPSA) is 46.2 Å². The zero-order valence-corrected chi connectivity index (χ0v) is 13.1. The molecule has 1 N–H and O–H groups in total. The van der Waals surface area contributed by atoms with Crippen molar-refractivity contribution in [3.63, 3.8) is 0 Å². The lowest BCUT2D eigenvalue weighted by Crippen LogP contribution is -2.19. The van der Waals surface area contributed by atoms with Crippen molar-refractivity contribution in [1.29, 1.82) is 0 Å². The molecule has 0 bridgehead atoms. The fourth-order valence-electron chi connectivity index (χ4n) is 1.62. The van der Waals surface area contributed by atoms with Gasteiger partial charge in [0.1, 0.15) is 0 Å². The van der Waals surface area contributed by atoms with Crippen LogP contribution in [0, 0.1) is 0 Å². The number of halogens is 4. The van der Waals surface area contributed by atoms with Crippen molar-refractivity contribution in [2.45, 2.75) is 30.8 Å². The van der Waals surface area contributed by atoms with Crippen LogP contribution < -0.4 is 4.72 Å². The molecule has 0 aliphatic carbocycles. The molecule has 8 heteroatoms. The number of sulfonamides is 1. The van der Waals surface area contributed by atoms with Gasteiger partial charge in [0.2, 0.25) is 10.0 Å². The van der Waals surface area contributed by atoms with Crippen LogP contribution in [-0.2, 0) is 10.0 Å². The van der Waals surface area contributed by atoms with Crippen molar-refractivity contribution in [2.75, 3.05) is 10.5 Å². The number of alkyl halides is 4. The summed E-state index contributed by atoms with van der Waals surface area (Å²) in [6.07, 6.45) is -5.90. The van der Waals surface area contributed by atoms with Gasteiger partial charge >= 0.3 is 6.18 Å². The average Bonchev–Trinajstić information content (AvgIpc) is 2.26. The van der Waals surface area contributed by atoms with Gasteiger partial charge in [0, 0.05) is 11.2 Å². The molecule has 0 aliphatic heterocycles. The van der Waals surface area contributed by atoms with Gasteiger partial charge in [-0.15, -0.1) is 0 Å². The highest BCUT2D eigenvalue weighted by atomic mass is 79.9. The third kappa shape index (κ3) is 6.13. The SMILES string of the molecule is CC(Br)c1ccccc1NS(=O)(=O)CCCC(F)(F)F. The van der Waals surface area contributed by atoms with Crippen LogP contribution in [0.5, 0.6) is 0 Å². The lowest BCUT2D eigenvalue weighted by molar-refractivity contribution is -0.134. The van der Waals surface area contributed by atoms with E-state index in [-0.39, 0.29) is 4.83 Å². The predicted octanol–water partition coefficient (Wildman–Crippen LogP) is 4.23. The van der Waals surface area contributed by atoms with Crippen LogP contribution in [0.4, 0.5) is 18.9 Å². The van der Waals surface area contributed by atoms with Gasteiger partial charge in [-0.25, -0.2) is 8.42 Å². The third-order valence-corrected chi connectivity index (χ3v) is 4.38. The summed E-state index contributed by atoms with van der Waals surface area (Å²) < 4.78 is 61.9. The quantitative estimate of drug-likeness (QED) is 0.758. The van der Waals surface area contributed by atoms with Crippen LogP contribution in [0.3, 0.4) is 0 Å². The minimum absolute atomic E-state index is 0.0726. The first-order valence-electron chi connectivity index (χ1n) is 5.91. The van der Waals surface area contributed by atoms with Crippen LogP contribution in [0.25, 0.3) is 0 Å². The highest BCUT2D eigenvalue weighted by molar-refractivity contribution is 9.09. The molecule has 0 saturated carbocycles. The second-order valence-corrected chi connectivity index (χ2v) is 7.56. The van der Waals surface area contributed by atoms with Gasteiger partial charge in [0.25, 0.3) is 0 Å². The molecule has 0 aromatic heterocycles. The Balaban J connectivity index is 2.72. The van der Waals surface area contributed by atoms with Crippen molar-refractivity contribution in [3.05, 3.63) is 29.8 Å². The highest BCUT2D eigenvalue weighted by Crippen LogP contribution is 2.29. The van der Waals surface area contributed by atoms with Gasteiger partial charge in [-0.1, -0.05) is 34.1 Å². The number of anilines is 1. The number of para-hydroxylation sites is 1. The monoisotopic (exact) mass is 373 g/mol. The van der Waals surface area contributed by atoms with Crippen LogP contribution in [0.2, 0.25) is 0 Å². The Kier molecular flexibility index (Phi) is 5.88. The molecule has 0 radical (unpaired) electrons. The second kappa shape index (κ2) is 6.80. The van der Waals surface area contributed by atoms with Crippen molar-refractivity contribution in [3.8, 4) is 0 Å². The largest absolute Gasteiger partial charge is 0.389 e. The minimum atomic E-state index is -4.34. The van der Waals surface area contributed by atoms with E-state index in [9.17, 15) is 21.6 Å². The third-order valence-electron chi connectivity index (χ3n) is 2.53. The molecular formula is C12H15BrF3NO2S. The number of benzene rings is 1.